The Balaban J connectivity index is 1.22. The second-order valence-corrected chi connectivity index (χ2v) is 12.1. The van der Waals surface area contributed by atoms with Gasteiger partial charge in [0.05, 0.1) is 25.4 Å². The smallest absolute Gasteiger partial charge is 0.335 e. The number of aliphatic hydroxyl groups excluding tert-OH is 8. The highest BCUT2D eigenvalue weighted by atomic mass is 16.8. The van der Waals surface area contributed by atoms with Gasteiger partial charge in [-0.15, -0.1) is 0 Å². The van der Waals surface area contributed by atoms with E-state index in [1.165, 1.54) is 42.5 Å². The van der Waals surface area contributed by atoms with E-state index in [1.807, 2.05) is 0 Å². The highest BCUT2D eigenvalue weighted by Gasteiger charge is 2.53. The third-order valence-corrected chi connectivity index (χ3v) is 8.55. The Hall–Kier alpha value is -3.80. The topological polar surface area (TPSA) is 312 Å². The number of carboxylic acids is 1. The van der Waals surface area contributed by atoms with Crippen LogP contribution in [0.4, 0.5) is 0 Å². The highest BCUT2D eigenvalue weighted by molar-refractivity contribution is 6.08. The Bertz CT molecular complexity index is 1550. The number of ether oxygens (including phenoxy) is 6. The van der Waals surface area contributed by atoms with E-state index in [0.717, 1.165) is 12.1 Å². The Kier molecular flexibility index (Phi) is 11.9. The molecule has 3 fully saturated rings. The Labute approximate surface area is 288 Å². The summed E-state index contributed by atoms with van der Waals surface area (Å²) in [5.74, 6) is -2.79. The zero-order chi connectivity index (χ0) is 37.2. The predicted octanol–water partition coefficient (Wildman–Crippen LogP) is -3.80. The predicted molar refractivity (Wildman–Crippen MR) is 164 cm³/mol. The molecule has 0 aromatic heterocycles. The molecule has 13 unspecified atom stereocenters. The zero-order valence-corrected chi connectivity index (χ0v) is 26.4. The maximum absolute atomic E-state index is 12.8. The third kappa shape index (κ3) is 8.16. The number of benzene rings is 2. The van der Waals surface area contributed by atoms with Crippen LogP contribution in [0.1, 0.15) is 15.9 Å². The SMILES string of the molecule is O=C(C=Cc1ccc(OC2OC(CO)C(O)C(O)C2OC2OCC(O)(CO)C2O)cc1)c1ccc(OC2OC(C(=O)O)C(O)C(O)C2O)cc1O. The monoisotopic (exact) mass is 726 g/mol. The van der Waals surface area contributed by atoms with Gasteiger partial charge in [-0.05, 0) is 35.9 Å². The van der Waals surface area contributed by atoms with E-state index in [9.17, 15) is 65.8 Å². The molecule has 2 aromatic carbocycles. The molecule has 0 aliphatic carbocycles. The lowest BCUT2D eigenvalue weighted by Gasteiger charge is -2.42. The van der Waals surface area contributed by atoms with Crippen LogP contribution in [0.3, 0.4) is 0 Å². The van der Waals surface area contributed by atoms with Gasteiger partial charge in [-0.1, -0.05) is 18.2 Å². The van der Waals surface area contributed by atoms with Crippen LogP contribution in [0, 0.1) is 0 Å². The molecule has 280 valence electrons. The van der Waals surface area contributed by atoms with Gasteiger partial charge in [0, 0.05) is 6.07 Å². The van der Waals surface area contributed by atoms with Gasteiger partial charge in [0.15, 0.2) is 24.3 Å². The molecule has 5 rings (SSSR count). The van der Waals surface area contributed by atoms with Crippen LogP contribution < -0.4 is 9.47 Å². The minimum atomic E-state index is -2.03. The number of ketones is 1. The first-order valence-electron chi connectivity index (χ1n) is 15.5. The first-order chi connectivity index (χ1) is 24.2. The van der Waals surface area contributed by atoms with Crippen molar-refractivity contribution in [3.63, 3.8) is 0 Å². The number of phenols is 1. The van der Waals surface area contributed by atoms with Crippen LogP contribution in [-0.4, -0.2) is 167 Å². The maximum Gasteiger partial charge on any atom is 0.335 e. The van der Waals surface area contributed by atoms with Crippen molar-refractivity contribution in [2.24, 2.45) is 0 Å². The van der Waals surface area contributed by atoms with Gasteiger partial charge in [-0.2, -0.15) is 0 Å². The molecule has 0 bridgehead atoms. The molecule has 3 aliphatic rings. The molecule has 0 amide bonds. The van der Waals surface area contributed by atoms with Crippen molar-refractivity contribution in [3.05, 3.63) is 59.7 Å². The van der Waals surface area contributed by atoms with Crippen molar-refractivity contribution in [3.8, 4) is 17.2 Å². The molecular weight excluding hydrogens is 688 g/mol. The number of allylic oxidation sites excluding steroid dienone is 1. The summed E-state index contributed by atoms with van der Waals surface area (Å²) in [6.07, 6.45) is -17.6. The van der Waals surface area contributed by atoms with E-state index >= 15 is 0 Å². The summed E-state index contributed by atoms with van der Waals surface area (Å²) in [5, 5.41) is 110. The van der Waals surface area contributed by atoms with Crippen LogP contribution in [-0.2, 0) is 23.7 Å². The van der Waals surface area contributed by atoms with Crippen LogP contribution in [0.25, 0.3) is 6.08 Å². The molecule has 3 heterocycles. The molecular formula is C32H38O19. The number of aliphatic hydroxyl groups is 9. The quantitative estimate of drug-likeness (QED) is 0.0738. The number of rotatable bonds is 12. The lowest BCUT2D eigenvalue weighted by Crippen LogP contribution is -2.62. The van der Waals surface area contributed by atoms with E-state index < -0.39 is 117 Å². The molecule has 11 N–H and O–H groups in total. The number of hydrogen-bond donors (Lipinski definition) is 11. The largest absolute Gasteiger partial charge is 0.507 e. The molecule has 2 aromatic rings. The van der Waals surface area contributed by atoms with Gasteiger partial charge in [0.25, 0.3) is 0 Å². The molecule has 3 saturated heterocycles. The standard InChI is InChI=1S/C32H38O19/c33-10-19-20(37)22(39)26(51-31-27(42)32(45,11-34)12-46-31)30(49-19)47-14-4-1-13(2-5-14)3-8-17(35)16-7-6-15(9-18(16)36)48-29-24(41)21(38)23(40)25(50-29)28(43)44/h1-9,19-27,29-31,33-34,36-42,45H,10-12H2,(H,43,44). The Morgan fingerprint density at radius 3 is 2.10 bits per heavy atom. The summed E-state index contributed by atoms with van der Waals surface area (Å²) in [7, 11) is 0. The van der Waals surface area contributed by atoms with Crippen molar-refractivity contribution in [1.82, 2.24) is 0 Å². The minimum Gasteiger partial charge on any atom is -0.507 e. The van der Waals surface area contributed by atoms with Gasteiger partial charge < -0.3 is 84.6 Å². The van der Waals surface area contributed by atoms with Crippen LogP contribution in [0.5, 0.6) is 17.2 Å². The summed E-state index contributed by atoms with van der Waals surface area (Å²) >= 11 is 0. The molecule has 13 atom stereocenters. The van der Waals surface area contributed by atoms with Crippen molar-refractivity contribution >= 4 is 17.8 Å². The summed E-state index contributed by atoms with van der Waals surface area (Å²) in [6, 6.07) is 9.39. The third-order valence-electron chi connectivity index (χ3n) is 8.55. The second-order valence-electron chi connectivity index (χ2n) is 12.1. The number of carboxylic acid groups (broad SMARTS) is 1. The van der Waals surface area contributed by atoms with Gasteiger partial charge in [-0.3, -0.25) is 4.79 Å². The fourth-order valence-electron chi connectivity index (χ4n) is 5.49. The van der Waals surface area contributed by atoms with Gasteiger partial charge in [0.2, 0.25) is 12.6 Å². The van der Waals surface area contributed by atoms with Crippen LogP contribution in [0.2, 0.25) is 0 Å². The van der Waals surface area contributed by atoms with Gasteiger partial charge in [0.1, 0.15) is 65.6 Å². The Morgan fingerprint density at radius 2 is 1.49 bits per heavy atom. The van der Waals surface area contributed by atoms with E-state index in [-0.39, 0.29) is 17.1 Å². The number of hydrogen-bond acceptors (Lipinski definition) is 18. The van der Waals surface area contributed by atoms with E-state index in [2.05, 4.69) is 0 Å². The fraction of sp³-hybridized carbons (Fsp3) is 0.500. The summed E-state index contributed by atoms with van der Waals surface area (Å²) in [6.45, 7) is -2.03. The highest BCUT2D eigenvalue weighted by Crippen LogP contribution is 2.33. The number of carbonyl (C=O) groups is 2. The Morgan fingerprint density at radius 1 is 0.824 bits per heavy atom. The molecule has 0 radical (unpaired) electrons. The second kappa shape index (κ2) is 15.8. The molecule has 0 spiro atoms. The lowest BCUT2D eigenvalue weighted by atomic mass is 9.98. The van der Waals surface area contributed by atoms with E-state index in [0.29, 0.717) is 5.56 Å². The number of aliphatic carboxylic acids is 1. The summed E-state index contributed by atoms with van der Waals surface area (Å²) in [4.78, 5) is 24.2. The van der Waals surface area contributed by atoms with Crippen molar-refractivity contribution in [1.29, 1.82) is 0 Å². The van der Waals surface area contributed by atoms with Crippen LogP contribution >= 0.6 is 0 Å². The average Bonchev–Trinajstić information content (AvgIpc) is 3.40. The molecule has 3 aliphatic heterocycles. The lowest BCUT2D eigenvalue weighted by molar-refractivity contribution is -0.318. The van der Waals surface area contributed by atoms with E-state index in [4.69, 9.17) is 28.4 Å². The van der Waals surface area contributed by atoms with Crippen molar-refractivity contribution in [2.75, 3.05) is 19.8 Å². The summed E-state index contributed by atoms with van der Waals surface area (Å²) < 4.78 is 32.7. The zero-order valence-electron chi connectivity index (χ0n) is 26.4. The van der Waals surface area contributed by atoms with E-state index in [1.54, 1.807) is 0 Å². The first-order valence-corrected chi connectivity index (χ1v) is 15.5. The van der Waals surface area contributed by atoms with Gasteiger partial charge in [-0.25, -0.2) is 4.79 Å². The minimum absolute atomic E-state index is 0.147. The van der Waals surface area contributed by atoms with Gasteiger partial charge >= 0.3 is 5.97 Å². The van der Waals surface area contributed by atoms with Crippen LogP contribution in [0.15, 0.2) is 48.5 Å². The maximum atomic E-state index is 12.8. The fourth-order valence-corrected chi connectivity index (χ4v) is 5.49. The van der Waals surface area contributed by atoms with Crippen molar-refractivity contribution < 1.29 is 94.2 Å². The average molecular weight is 727 g/mol. The molecule has 19 nitrogen and oxygen atoms in total. The number of aromatic hydroxyl groups is 1. The number of phenolic OH excluding ortho intramolecular Hbond substituents is 1. The molecule has 51 heavy (non-hydrogen) atoms. The van der Waals surface area contributed by atoms with Crippen molar-refractivity contribution in [2.45, 2.75) is 79.4 Å². The first kappa shape index (κ1) is 38.4. The normalized spacial score (nSPS) is 37.0. The molecule has 19 heteroatoms. The number of carbonyl (C=O) groups excluding carboxylic acids is 1. The summed E-state index contributed by atoms with van der Waals surface area (Å²) in [5.41, 5.74) is -1.70. The molecule has 0 saturated carbocycles.